The van der Waals surface area contributed by atoms with Gasteiger partial charge in [0.15, 0.2) is 0 Å². The van der Waals surface area contributed by atoms with E-state index in [0.717, 1.165) is 35.4 Å². The van der Waals surface area contributed by atoms with Crippen LogP contribution in [0.15, 0.2) is 93.3 Å². The molecular weight excluding hydrogens is 513 g/mol. The zero-order valence-electron chi connectivity index (χ0n) is 19.3. The molecule has 1 unspecified atom stereocenters. The molecule has 1 aliphatic rings. The number of alkyl halides is 3. The van der Waals surface area contributed by atoms with Gasteiger partial charge in [0.05, 0.1) is 22.7 Å². The molecule has 0 N–H and O–H groups in total. The van der Waals surface area contributed by atoms with Gasteiger partial charge in [-0.3, -0.25) is 0 Å². The van der Waals surface area contributed by atoms with Crippen LogP contribution in [0.25, 0.3) is 0 Å². The maximum absolute atomic E-state index is 13.0. The second-order valence-electron chi connectivity index (χ2n) is 8.32. The molecule has 1 aliphatic heterocycles. The molecule has 0 spiro atoms. The number of hydrazone groups is 1. The van der Waals surface area contributed by atoms with E-state index in [9.17, 15) is 21.6 Å². The molecule has 188 valence electrons. The number of nitrogens with zero attached hydrogens (tertiary/aromatic N) is 4. The minimum absolute atomic E-state index is 0.0276. The molecule has 11 heteroatoms. The van der Waals surface area contributed by atoms with E-state index < -0.39 is 21.8 Å². The molecule has 4 rings (SSSR count). The second kappa shape index (κ2) is 9.94. The van der Waals surface area contributed by atoms with E-state index in [1.807, 2.05) is 42.5 Å². The Morgan fingerprint density at radius 2 is 1.61 bits per heavy atom. The number of halogens is 4. The first-order valence-corrected chi connectivity index (χ1v) is 12.6. The minimum Gasteiger partial charge on any atom is -0.347 e. The molecule has 0 aromatic heterocycles. The topological polar surface area (TPSA) is 65.3 Å². The zero-order chi connectivity index (χ0) is 26.1. The van der Waals surface area contributed by atoms with Gasteiger partial charge in [0.1, 0.15) is 0 Å². The molecule has 0 saturated carbocycles. The highest BCUT2D eigenvalue weighted by molar-refractivity contribution is 7.90. The third-order valence-corrected chi connectivity index (χ3v) is 7.09. The van der Waals surface area contributed by atoms with Gasteiger partial charge >= 0.3 is 6.18 Å². The van der Waals surface area contributed by atoms with Crippen LogP contribution in [0.3, 0.4) is 0 Å². The quantitative estimate of drug-likeness (QED) is 0.329. The van der Waals surface area contributed by atoms with Gasteiger partial charge in [-0.05, 0) is 47.5 Å². The van der Waals surface area contributed by atoms with E-state index in [-0.39, 0.29) is 16.8 Å². The summed E-state index contributed by atoms with van der Waals surface area (Å²) in [6.07, 6.45) is -4.57. The standard InChI is InChI=1S/C25H22ClF3N4O2S/c1-32(2)24(31-36(34,35)21-14-10-19(11-15-21)25(27,28)29)33-16-22(17-6-4-3-5-7-17)23(30-33)18-8-12-20(26)13-9-18/h3-15,22H,16H2,1-2H3/b31-24-. The van der Waals surface area contributed by atoms with Gasteiger partial charge in [-0.2, -0.15) is 26.7 Å². The van der Waals surface area contributed by atoms with Crippen molar-refractivity contribution < 1.29 is 21.6 Å². The van der Waals surface area contributed by atoms with E-state index in [1.54, 1.807) is 26.2 Å². The summed E-state index contributed by atoms with van der Waals surface area (Å²) in [4.78, 5) is 1.15. The fourth-order valence-electron chi connectivity index (χ4n) is 3.79. The largest absolute Gasteiger partial charge is 0.416 e. The lowest BCUT2D eigenvalue weighted by Crippen LogP contribution is -2.37. The van der Waals surface area contributed by atoms with Gasteiger partial charge in [-0.15, -0.1) is 4.40 Å². The Labute approximate surface area is 212 Å². The monoisotopic (exact) mass is 534 g/mol. The first-order valence-electron chi connectivity index (χ1n) is 10.8. The number of guanidine groups is 1. The Bertz CT molecular complexity index is 1390. The van der Waals surface area contributed by atoms with Crippen molar-refractivity contribution in [1.82, 2.24) is 9.91 Å². The number of hydrogen-bond acceptors (Lipinski definition) is 3. The average molecular weight is 535 g/mol. The van der Waals surface area contributed by atoms with Crippen molar-refractivity contribution >= 4 is 33.3 Å². The summed E-state index contributed by atoms with van der Waals surface area (Å²) < 4.78 is 68.7. The predicted octanol–water partition coefficient (Wildman–Crippen LogP) is 5.47. The van der Waals surface area contributed by atoms with E-state index in [0.29, 0.717) is 17.3 Å². The lowest BCUT2D eigenvalue weighted by Gasteiger charge is -2.23. The predicted molar refractivity (Wildman–Crippen MR) is 134 cm³/mol. The summed E-state index contributed by atoms with van der Waals surface area (Å²) >= 11 is 6.05. The maximum Gasteiger partial charge on any atom is 0.416 e. The average Bonchev–Trinajstić information content (AvgIpc) is 3.28. The Morgan fingerprint density at radius 3 is 2.17 bits per heavy atom. The van der Waals surface area contributed by atoms with E-state index in [1.165, 1.54) is 9.91 Å². The van der Waals surface area contributed by atoms with Crippen molar-refractivity contribution in [2.75, 3.05) is 20.6 Å². The number of hydrogen-bond donors (Lipinski definition) is 0. The smallest absolute Gasteiger partial charge is 0.347 e. The number of rotatable bonds is 4. The van der Waals surface area contributed by atoms with E-state index in [2.05, 4.69) is 4.40 Å². The SMILES string of the molecule is CN(C)/C(=N/S(=O)(=O)c1ccc(C(F)(F)F)cc1)N1CC(c2ccccc2)C(c2ccc(Cl)cc2)=N1. The van der Waals surface area contributed by atoms with Crippen LogP contribution in [0.1, 0.15) is 22.6 Å². The Morgan fingerprint density at radius 1 is 1.00 bits per heavy atom. The molecule has 0 amide bonds. The van der Waals surface area contributed by atoms with Crippen molar-refractivity contribution in [3.63, 3.8) is 0 Å². The fraction of sp³-hybridized carbons (Fsp3) is 0.200. The third-order valence-electron chi connectivity index (χ3n) is 5.57. The molecule has 36 heavy (non-hydrogen) atoms. The summed E-state index contributed by atoms with van der Waals surface area (Å²) in [5, 5.41) is 6.77. The van der Waals surface area contributed by atoms with Gasteiger partial charge in [-0.1, -0.05) is 54.1 Å². The highest BCUT2D eigenvalue weighted by atomic mass is 35.5. The normalized spacial score (nSPS) is 16.7. The zero-order valence-corrected chi connectivity index (χ0v) is 20.9. The summed E-state index contributed by atoms with van der Waals surface area (Å²) in [6.45, 7) is 0.307. The molecule has 3 aromatic carbocycles. The fourth-order valence-corrected chi connectivity index (χ4v) is 4.97. The van der Waals surface area contributed by atoms with Crippen LogP contribution in [0.2, 0.25) is 5.02 Å². The van der Waals surface area contributed by atoms with Gasteiger partial charge in [0.2, 0.25) is 5.96 Å². The van der Waals surface area contributed by atoms with Crippen LogP contribution in [0.5, 0.6) is 0 Å². The van der Waals surface area contributed by atoms with Crippen LogP contribution < -0.4 is 0 Å². The first kappa shape index (κ1) is 25.7. The van der Waals surface area contributed by atoms with Crippen molar-refractivity contribution in [1.29, 1.82) is 0 Å². The molecular formula is C25H22ClF3N4O2S. The first-order chi connectivity index (χ1) is 17.0. The van der Waals surface area contributed by atoms with Crippen LogP contribution >= 0.6 is 11.6 Å². The van der Waals surface area contributed by atoms with Crippen molar-refractivity contribution in [3.05, 3.63) is 101 Å². The maximum atomic E-state index is 13.0. The molecule has 0 radical (unpaired) electrons. The lowest BCUT2D eigenvalue weighted by molar-refractivity contribution is -0.137. The lowest BCUT2D eigenvalue weighted by atomic mass is 9.91. The molecule has 0 aliphatic carbocycles. The van der Waals surface area contributed by atoms with E-state index in [4.69, 9.17) is 16.7 Å². The molecule has 0 fully saturated rings. The number of benzene rings is 3. The van der Waals surface area contributed by atoms with Gasteiger partial charge in [0.25, 0.3) is 10.0 Å². The summed E-state index contributed by atoms with van der Waals surface area (Å²) in [6, 6.07) is 20.1. The second-order valence-corrected chi connectivity index (χ2v) is 10.4. The van der Waals surface area contributed by atoms with Crippen molar-refractivity contribution in [2.24, 2.45) is 9.50 Å². The summed E-state index contributed by atoms with van der Waals surface area (Å²) in [5.74, 6) is -0.161. The van der Waals surface area contributed by atoms with Crippen molar-refractivity contribution in [2.45, 2.75) is 17.0 Å². The van der Waals surface area contributed by atoms with Crippen LogP contribution in [0, 0.1) is 0 Å². The Balaban J connectivity index is 1.74. The van der Waals surface area contributed by atoms with Crippen LogP contribution in [-0.2, 0) is 16.2 Å². The van der Waals surface area contributed by atoms with Gasteiger partial charge < -0.3 is 4.90 Å². The summed E-state index contributed by atoms with van der Waals surface area (Å²) in [5.41, 5.74) is 1.57. The minimum atomic E-state index is -4.57. The van der Waals surface area contributed by atoms with Crippen molar-refractivity contribution in [3.8, 4) is 0 Å². The molecule has 1 heterocycles. The van der Waals surface area contributed by atoms with Crippen LogP contribution in [0.4, 0.5) is 13.2 Å². The van der Waals surface area contributed by atoms with Gasteiger partial charge in [-0.25, -0.2) is 5.01 Å². The Kier molecular flexibility index (Phi) is 7.10. The molecule has 0 saturated heterocycles. The third kappa shape index (κ3) is 5.55. The highest BCUT2D eigenvalue weighted by Crippen LogP contribution is 2.32. The molecule has 3 aromatic rings. The van der Waals surface area contributed by atoms with E-state index >= 15 is 0 Å². The molecule has 0 bridgehead atoms. The highest BCUT2D eigenvalue weighted by Gasteiger charge is 2.34. The molecule has 6 nitrogen and oxygen atoms in total. The van der Waals surface area contributed by atoms with Crippen LogP contribution in [-0.4, -0.2) is 50.6 Å². The summed E-state index contributed by atoms with van der Waals surface area (Å²) in [7, 11) is -1.08. The Hall–Kier alpha value is -3.37. The number of sulfonamides is 1. The van der Waals surface area contributed by atoms with Gasteiger partial charge in [0, 0.05) is 25.0 Å². The molecule has 1 atom stereocenters.